The van der Waals surface area contributed by atoms with Crippen LogP contribution in [0.2, 0.25) is 0 Å². The quantitative estimate of drug-likeness (QED) is 0.177. The minimum atomic E-state index is 0.584. The third-order valence-electron chi connectivity index (χ3n) is 9.93. The van der Waals surface area contributed by atoms with Crippen LogP contribution in [0.4, 0.5) is 0 Å². The van der Waals surface area contributed by atoms with E-state index in [1.54, 1.807) is 6.08 Å². The van der Waals surface area contributed by atoms with E-state index in [0.717, 1.165) is 99.8 Å². The molecule has 0 spiro atoms. The van der Waals surface area contributed by atoms with E-state index < -0.39 is 0 Å². The van der Waals surface area contributed by atoms with E-state index >= 15 is 0 Å². The first kappa shape index (κ1) is 29.9. The van der Waals surface area contributed by atoms with Crippen LogP contribution < -0.4 is 0 Å². The van der Waals surface area contributed by atoms with Crippen molar-refractivity contribution in [1.82, 2.24) is 14.5 Å². The largest absolute Gasteiger partial charge is 0.456 e. The maximum absolute atomic E-state index is 7.01. The fraction of sp³-hybridized carbons (Fsp3) is 0.0213. The molecule has 5 heteroatoms. The first-order valence-corrected chi connectivity index (χ1v) is 17.4. The van der Waals surface area contributed by atoms with Crippen LogP contribution in [0.15, 0.2) is 161 Å². The highest BCUT2D eigenvalue weighted by molar-refractivity contribution is 6.24. The molecular weight excluding hydrogens is 639 g/mol. The molecule has 0 radical (unpaired) electrons. The predicted octanol–water partition coefficient (Wildman–Crippen LogP) is 12.9. The number of allylic oxidation sites excluding steroid dienone is 1. The summed E-state index contributed by atoms with van der Waals surface area (Å²) in [6.45, 7) is 6.02. The van der Waals surface area contributed by atoms with E-state index in [2.05, 4.69) is 120 Å². The van der Waals surface area contributed by atoms with Gasteiger partial charge in [0.25, 0.3) is 0 Å². The van der Waals surface area contributed by atoms with Gasteiger partial charge in [0.1, 0.15) is 22.5 Å². The molecule has 0 N–H and O–H groups in total. The summed E-state index contributed by atoms with van der Waals surface area (Å²) in [5.74, 6) is 1.31. The van der Waals surface area contributed by atoms with Crippen molar-refractivity contribution in [2.45, 2.75) is 6.92 Å². The zero-order valence-corrected chi connectivity index (χ0v) is 28.4. The van der Waals surface area contributed by atoms with Crippen LogP contribution in [0.1, 0.15) is 18.2 Å². The lowest BCUT2D eigenvalue weighted by molar-refractivity contribution is 0.603. The maximum Gasteiger partial charge on any atom is 0.164 e. The van der Waals surface area contributed by atoms with Gasteiger partial charge in [-0.1, -0.05) is 110 Å². The van der Waals surface area contributed by atoms with Gasteiger partial charge in [-0.2, -0.15) is 0 Å². The topological polar surface area (TPSA) is 57.0 Å². The monoisotopic (exact) mass is 669 g/mol. The lowest BCUT2D eigenvalue weighted by Crippen LogP contribution is -1.96. The molecule has 246 valence electrons. The Balaban J connectivity index is 1.26. The standard InChI is InChI=1S/C47H31N3O2/c1-3-15-35-41(4-2)51-42-25-14-22-33(43(35)42)38-28-37(29-16-7-5-8-17-29)48-47(49-38)36-23-13-21-31-32-26-27-40-44(46(32)52-45(31)36)34-20-11-12-24-39(34)50(40)30-18-9-6-10-19-30/h3-28H,2H2,1H3/b15-3-. The van der Waals surface area contributed by atoms with Gasteiger partial charge in [0.2, 0.25) is 0 Å². The zero-order valence-electron chi connectivity index (χ0n) is 28.4. The highest BCUT2D eigenvalue weighted by Crippen LogP contribution is 2.43. The van der Waals surface area contributed by atoms with Crippen LogP contribution in [0.25, 0.3) is 106 Å². The number of aromatic nitrogens is 3. The Morgan fingerprint density at radius 2 is 1.31 bits per heavy atom. The number of rotatable bonds is 6. The van der Waals surface area contributed by atoms with Gasteiger partial charge in [0, 0.05) is 43.9 Å². The average Bonchev–Trinajstić information content (AvgIpc) is 3.88. The Labute approximate surface area is 299 Å². The third kappa shape index (κ3) is 4.49. The summed E-state index contributed by atoms with van der Waals surface area (Å²) in [4.78, 5) is 10.5. The number of para-hydroxylation sites is 3. The van der Waals surface area contributed by atoms with Crippen LogP contribution in [0.3, 0.4) is 0 Å². The molecule has 10 aromatic rings. The molecule has 0 aliphatic carbocycles. The minimum absolute atomic E-state index is 0.584. The smallest absolute Gasteiger partial charge is 0.164 e. The number of benzene rings is 6. The molecule has 0 bridgehead atoms. The molecule has 0 aliphatic heterocycles. The molecule has 10 rings (SSSR count). The number of fused-ring (bicyclic) bond motifs is 8. The summed E-state index contributed by atoms with van der Waals surface area (Å²) in [6, 6.07) is 48.1. The van der Waals surface area contributed by atoms with Gasteiger partial charge in [-0.05, 0) is 61.5 Å². The van der Waals surface area contributed by atoms with Crippen molar-refractivity contribution in [2.75, 3.05) is 0 Å². The molecule has 0 atom stereocenters. The molecule has 0 aliphatic rings. The van der Waals surface area contributed by atoms with E-state index in [1.807, 2.05) is 49.4 Å². The molecule has 0 unspecified atom stereocenters. The molecule has 0 saturated heterocycles. The highest BCUT2D eigenvalue weighted by Gasteiger charge is 2.22. The lowest BCUT2D eigenvalue weighted by atomic mass is 9.99. The van der Waals surface area contributed by atoms with Crippen molar-refractivity contribution >= 4 is 66.9 Å². The van der Waals surface area contributed by atoms with Crippen LogP contribution in [0, 0.1) is 0 Å². The minimum Gasteiger partial charge on any atom is -0.456 e. The van der Waals surface area contributed by atoms with Crippen LogP contribution in [-0.2, 0) is 0 Å². The van der Waals surface area contributed by atoms with Crippen molar-refractivity contribution in [2.24, 2.45) is 0 Å². The van der Waals surface area contributed by atoms with Gasteiger partial charge in [-0.15, -0.1) is 0 Å². The summed E-state index contributed by atoms with van der Waals surface area (Å²) in [7, 11) is 0. The first-order chi connectivity index (χ1) is 25.7. The van der Waals surface area contributed by atoms with Crippen LogP contribution >= 0.6 is 0 Å². The van der Waals surface area contributed by atoms with Gasteiger partial charge in [0.15, 0.2) is 5.82 Å². The summed E-state index contributed by atoms with van der Waals surface area (Å²) >= 11 is 0. The molecule has 0 fully saturated rings. The van der Waals surface area contributed by atoms with Crippen molar-refractivity contribution in [3.05, 3.63) is 164 Å². The Morgan fingerprint density at radius 3 is 2.13 bits per heavy atom. The van der Waals surface area contributed by atoms with E-state index in [9.17, 15) is 0 Å². The SMILES string of the molecule is C=Cc1oc2cccc(-c3cc(-c4ccccc4)nc(-c4cccc5c4oc4c5ccc5c4c4ccccc4n5-c4ccccc4)n3)c2c1/C=C\C. The lowest BCUT2D eigenvalue weighted by Gasteiger charge is -2.11. The van der Waals surface area contributed by atoms with Crippen molar-refractivity contribution < 1.29 is 8.83 Å². The second kappa shape index (κ2) is 11.8. The number of nitrogens with zero attached hydrogens (tertiary/aromatic N) is 3. The zero-order chi connectivity index (χ0) is 34.8. The highest BCUT2D eigenvalue weighted by atomic mass is 16.3. The molecule has 0 amide bonds. The number of hydrogen-bond donors (Lipinski definition) is 0. The fourth-order valence-corrected chi connectivity index (χ4v) is 7.69. The Hall–Kier alpha value is -6.98. The van der Waals surface area contributed by atoms with Gasteiger partial charge in [0.05, 0.1) is 33.4 Å². The Morgan fingerprint density at radius 1 is 0.596 bits per heavy atom. The van der Waals surface area contributed by atoms with E-state index in [1.165, 1.54) is 0 Å². The predicted molar refractivity (Wildman–Crippen MR) is 215 cm³/mol. The van der Waals surface area contributed by atoms with E-state index in [0.29, 0.717) is 5.82 Å². The van der Waals surface area contributed by atoms with Gasteiger partial charge < -0.3 is 13.4 Å². The Bertz CT molecular complexity index is 3040. The fourth-order valence-electron chi connectivity index (χ4n) is 7.69. The third-order valence-corrected chi connectivity index (χ3v) is 9.93. The second-order valence-corrected chi connectivity index (χ2v) is 12.9. The summed E-state index contributed by atoms with van der Waals surface area (Å²) < 4.78 is 15.6. The van der Waals surface area contributed by atoms with E-state index in [-0.39, 0.29) is 0 Å². The van der Waals surface area contributed by atoms with Crippen LogP contribution in [0.5, 0.6) is 0 Å². The van der Waals surface area contributed by atoms with Gasteiger partial charge in [-0.3, -0.25) is 0 Å². The average molecular weight is 670 g/mol. The first-order valence-electron chi connectivity index (χ1n) is 17.4. The summed E-state index contributed by atoms with van der Waals surface area (Å²) in [5, 5.41) is 5.28. The molecule has 6 aromatic carbocycles. The summed E-state index contributed by atoms with van der Waals surface area (Å²) in [6.07, 6.45) is 5.85. The van der Waals surface area contributed by atoms with Crippen LogP contribution in [-0.4, -0.2) is 14.5 Å². The molecule has 4 heterocycles. The normalized spacial score (nSPS) is 11.9. The molecule has 52 heavy (non-hydrogen) atoms. The van der Waals surface area contributed by atoms with Gasteiger partial charge in [-0.25, -0.2) is 9.97 Å². The maximum atomic E-state index is 7.01. The molecule has 5 nitrogen and oxygen atoms in total. The number of furan rings is 2. The van der Waals surface area contributed by atoms with E-state index in [4.69, 9.17) is 18.8 Å². The van der Waals surface area contributed by atoms with Crippen molar-refractivity contribution in [1.29, 1.82) is 0 Å². The second-order valence-electron chi connectivity index (χ2n) is 12.9. The van der Waals surface area contributed by atoms with Gasteiger partial charge >= 0.3 is 0 Å². The Kier molecular flexibility index (Phi) is 6.80. The number of hydrogen-bond acceptors (Lipinski definition) is 4. The summed E-state index contributed by atoms with van der Waals surface area (Å²) in [5.41, 5.74) is 11.1. The van der Waals surface area contributed by atoms with Crippen molar-refractivity contribution in [3.63, 3.8) is 0 Å². The molecular formula is C47H31N3O2. The molecule has 4 aromatic heterocycles. The van der Waals surface area contributed by atoms with Crippen molar-refractivity contribution in [3.8, 4) is 39.6 Å². The molecule has 0 saturated carbocycles.